The summed E-state index contributed by atoms with van der Waals surface area (Å²) in [6, 6.07) is 15.0. The van der Waals surface area contributed by atoms with Crippen LogP contribution in [0.5, 0.6) is 0 Å². The van der Waals surface area contributed by atoms with Crippen molar-refractivity contribution >= 4 is 16.8 Å². The lowest BCUT2D eigenvalue weighted by atomic mass is 9.86. The van der Waals surface area contributed by atoms with Gasteiger partial charge in [0.1, 0.15) is 0 Å². The number of amides is 1. The summed E-state index contributed by atoms with van der Waals surface area (Å²) in [5.74, 6) is 0.143. The predicted octanol–water partition coefficient (Wildman–Crippen LogP) is 4.60. The molecule has 3 nitrogen and oxygen atoms in total. The van der Waals surface area contributed by atoms with E-state index < -0.39 is 0 Å². The highest BCUT2D eigenvalue weighted by atomic mass is 16.1. The second-order valence-corrected chi connectivity index (χ2v) is 7.07. The van der Waals surface area contributed by atoms with E-state index in [-0.39, 0.29) is 11.9 Å². The number of hydrogen-bond donors (Lipinski definition) is 2. The number of hydrogen-bond acceptors (Lipinski definition) is 1. The number of carbonyl (C=O) groups excluding carboxylic acids is 1. The number of H-pyrrole nitrogens is 1. The molecule has 0 fully saturated rings. The third-order valence-corrected chi connectivity index (χ3v) is 5.25. The summed E-state index contributed by atoms with van der Waals surface area (Å²) in [5, 5.41) is 4.48. The number of nitrogens with one attached hydrogen (secondary N) is 2. The van der Waals surface area contributed by atoms with Crippen molar-refractivity contribution in [1.29, 1.82) is 0 Å². The minimum atomic E-state index is 0.143. The van der Waals surface area contributed by atoms with Crippen LogP contribution >= 0.6 is 0 Å². The van der Waals surface area contributed by atoms with Gasteiger partial charge < -0.3 is 10.3 Å². The van der Waals surface area contributed by atoms with Gasteiger partial charge in [-0.1, -0.05) is 42.0 Å². The zero-order chi connectivity index (χ0) is 17.2. The van der Waals surface area contributed by atoms with E-state index in [1.165, 1.54) is 27.6 Å². The lowest BCUT2D eigenvalue weighted by Crippen LogP contribution is -2.31. The first-order valence-electron chi connectivity index (χ1n) is 9.14. The first-order valence-corrected chi connectivity index (χ1v) is 9.14. The van der Waals surface area contributed by atoms with Crippen LogP contribution in [0.3, 0.4) is 0 Å². The monoisotopic (exact) mass is 332 g/mol. The number of para-hydroxylation sites is 1. The van der Waals surface area contributed by atoms with E-state index in [1.54, 1.807) is 0 Å². The van der Waals surface area contributed by atoms with Crippen molar-refractivity contribution in [3.63, 3.8) is 0 Å². The lowest BCUT2D eigenvalue weighted by molar-refractivity contribution is -0.121. The fourth-order valence-electron chi connectivity index (χ4n) is 3.92. The quantitative estimate of drug-likeness (QED) is 0.720. The number of fused-ring (bicyclic) bond motifs is 2. The maximum absolute atomic E-state index is 12.5. The van der Waals surface area contributed by atoms with Crippen molar-refractivity contribution < 1.29 is 4.79 Å². The van der Waals surface area contributed by atoms with Gasteiger partial charge in [-0.15, -0.1) is 0 Å². The molecule has 1 amide bonds. The molecule has 128 valence electrons. The summed E-state index contributed by atoms with van der Waals surface area (Å²) >= 11 is 0. The fraction of sp³-hybridized carbons (Fsp3) is 0.318. The highest BCUT2D eigenvalue weighted by Gasteiger charge is 2.21. The number of aryl methyl sites for hydroxylation is 3. The van der Waals surface area contributed by atoms with Gasteiger partial charge in [0.2, 0.25) is 5.91 Å². The average molecular weight is 332 g/mol. The Bertz CT molecular complexity index is 909. The fourth-order valence-corrected chi connectivity index (χ4v) is 3.92. The average Bonchev–Trinajstić information content (AvgIpc) is 3.04. The Balaban J connectivity index is 1.42. The Morgan fingerprint density at radius 2 is 2.12 bits per heavy atom. The Hall–Kier alpha value is -2.55. The van der Waals surface area contributed by atoms with Crippen LogP contribution in [0.15, 0.2) is 48.7 Å². The molecule has 0 radical (unpaired) electrons. The number of aromatic nitrogens is 1. The van der Waals surface area contributed by atoms with Crippen LogP contribution in [0.2, 0.25) is 0 Å². The second kappa shape index (κ2) is 6.75. The van der Waals surface area contributed by atoms with E-state index in [4.69, 9.17) is 0 Å². The van der Waals surface area contributed by atoms with Crippen LogP contribution < -0.4 is 5.32 Å². The zero-order valence-electron chi connectivity index (χ0n) is 14.6. The van der Waals surface area contributed by atoms with Gasteiger partial charge in [-0.05, 0) is 55.4 Å². The van der Waals surface area contributed by atoms with Crippen molar-refractivity contribution in [3.05, 3.63) is 70.9 Å². The van der Waals surface area contributed by atoms with E-state index in [0.29, 0.717) is 6.42 Å². The normalized spacial score (nSPS) is 16.6. The maximum atomic E-state index is 12.5. The lowest BCUT2D eigenvalue weighted by Gasteiger charge is -2.27. The molecule has 0 saturated carbocycles. The van der Waals surface area contributed by atoms with E-state index in [2.05, 4.69) is 47.6 Å². The Kier molecular flexibility index (Phi) is 4.31. The maximum Gasteiger partial charge on any atom is 0.220 e. The summed E-state index contributed by atoms with van der Waals surface area (Å²) < 4.78 is 0. The first-order chi connectivity index (χ1) is 12.2. The molecule has 1 atom stereocenters. The van der Waals surface area contributed by atoms with Crippen molar-refractivity contribution in [2.24, 2.45) is 0 Å². The zero-order valence-corrected chi connectivity index (χ0v) is 14.6. The minimum Gasteiger partial charge on any atom is -0.361 e. The molecule has 3 heteroatoms. The van der Waals surface area contributed by atoms with Gasteiger partial charge in [0.25, 0.3) is 0 Å². The topological polar surface area (TPSA) is 44.9 Å². The molecule has 1 heterocycles. The number of carbonyl (C=O) groups is 1. The Morgan fingerprint density at radius 1 is 1.24 bits per heavy atom. The molecule has 2 N–H and O–H groups in total. The van der Waals surface area contributed by atoms with Gasteiger partial charge in [0.15, 0.2) is 0 Å². The summed E-state index contributed by atoms with van der Waals surface area (Å²) in [6.45, 7) is 2.12. The van der Waals surface area contributed by atoms with Crippen molar-refractivity contribution in [3.8, 4) is 0 Å². The SMILES string of the molecule is Cc1ccc2c(c1)[C@@H](NC(=O)CCc1c[nH]c3ccccc13)CCC2. The van der Waals surface area contributed by atoms with Gasteiger partial charge >= 0.3 is 0 Å². The van der Waals surface area contributed by atoms with Crippen LogP contribution in [-0.4, -0.2) is 10.9 Å². The van der Waals surface area contributed by atoms with Gasteiger partial charge in [0, 0.05) is 23.5 Å². The van der Waals surface area contributed by atoms with Gasteiger partial charge in [-0.3, -0.25) is 4.79 Å². The second-order valence-electron chi connectivity index (χ2n) is 7.07. The highest BCUT2D eigenvalue weighted by molar-refractivity contribution is 5.84. The van der Waals surface area contributed by atoms with E-state index >= 15 is 0 Å². The highest BCUT2D eigenvalue weighted by Crippen LogP contribution is 2.30. The molecule has 1 aromatic heterocycles. The van der Waals surface area contributed by atoms with E-state index in [0.717, 1.165) is 31.2 Å². The first kappa shape index (κ1) is 15.9. The number of aromatic amines is 1. The third-order valence-electron chi connectivity index (χ3n) is 5.25. The smallest absolute Gasteiger partial charge is 0.220 e. The molecule has 25 heavy (non-hydrogen) atoms. The van der Waals surface area contributed by atoms with Gasteiger partial charge in [0.05, 0.1) is 6.04 Å². The van der Waals surface area contributed by atoms with Gasteiger partial charge in [-0.25, -0.2) is 0 Å². The van der Waals surface area contributed by atoms with Crippen LogP contribution in [0, 0.1) is 6.92 Å². The Morgan fingerprint density at radius 3 is 3.04 bits per heavy atom. The van der Waals surface area contributed by atoms with Crippen LogP contribution in [0.25, 0.3) is 10.9 Å². The van der Waals surface area contributed by atoms with Crippen LogP contribution in [0.1, 0.15) is 47.6 Å². The van der Waals surface area contributed by atoms with Crippen LogP contribution in [-0.2, 0) is 17.6 Å². The molecular formula is C22H24N2O. The minimum absolute atomic E-state index is 0.143. The summed E-state index contributed by atoms with van der Waals surface area (Å²) in [5.41, 5.74) is 6.31. The number of benzene rings is 2. The summed E-state index contributed by atoms with van der Waals surface area (Å²) in [6.07, 6.45) is 6.62. The number of rotatable bonds is 4. The molecule has 0 aliphatic heterocycles. The van der Waals surface area contributed by atoms with Crippen LogP contribution in [0.4, 0.5) is 0 Å². The molecule has 0 saturated heterocycles. The molecule has 2 aromatic carbocycles. The van der Waals surface area contributed by atoms with Crippen molar-refractivity contribution in [2.75, 3.05) is 0 Å². The standard InChI is InChI=1S/C22H24N2O/c1-15-9-10-16-5-4-8-21(19(16)13-15)24-22(25)12-11-17-14-23-20-7-3-2-6-18(17)20/h2-3,6-7,9-10,13-14,21,23H,4-5,8,11-12H2,1H3,(H,24,25)/t21-/m0/s1. The van der Waals surface area contributed by atoms with E-state index in [9.17, 15) is 4.79 Å². The summed E-state index contributed by atoms with van der Waals surface area (Å²) in [4.78, 5) is 15.8. The van der Waals surface area contributed by atoms with Crippen molar-refractivity contribution in [2.45, 2.75) is 45.1 Å². The van der Waals surface area contributed by atoms with Gasteiger partial charge in [-0.2, -0.15) is 0 Å². The van der Waals surface area contributed by atoms with Crippen molar-refractivity contribution in [1.82, 2.24) is 10.3 Å². The molecule has 0 spiro atoms. The van der Waals surface area contributed by atoms with E-state index in [1.807, 2.05) is 18.3 Å². The molecule has 4 rings (SSSR count). The predicted molar refractivity (Wildman–Crippen MR) is 102 cm³/mol. The molecule has 0 bridgehead atoms. The Labute approximate surface area is 148 Å². The third kappa shape index (κ3) is 3.32. The molecule has 3 aromatic rings. The molecule has 1 aliphatic rings. The molecular weight excluding hydrogens is 308 g/mol. The largest absolute Gasteiger partial charge is 0.361 e. The molecule has 0 unspecified atom stereocenters. The summed E-state index contributed by atoms with van der Waals surface area (Å²) in [7, 11) is 0. The molecule has 1 aliphatic carbocycles.